The summed E-state index contributed by atoms with van der Waals surface area (Å²) < 4.78 is 1.23. The van der Waals surface area contributed by atoms with Gasteiger partial charge in [0, 0.05) is 4.88 Å². The van der Waals surface area contributed by atoms with Crippen LogP contribution in [0, 0.1) is 12.3 Å². The van der Waals surface area contributed by atoms with E-state index in [1.54, 1.807) is 0 Å². The Kier molecular flexibility index (Phi) is 4.03. The fourth-order valence-electron chi connectivity index (χ4n) is 2.78. The lowest BCUT2D eigenvalue weighted by atomic mass is 9.79. The van der Waals surface area contributed by atoms with Gasteiger partial charge in [0.15, 0.2) is 0 Å². The van der Waals surface area contributed by atoms with E-state index in [1.165, 1.54) is 46.3 Å². The first-order valence-corrected chi connectivity index (χ1v) is 8.03. The van der Waals surface area contributed by atoms with Crippen LogP contribution in [0.25, 0.3) is 0 Å². The van der Waals surface area contributed by atoms with Crippen molar-refractivity contribution in [1.82, 2.24) is 0 Å². The molecular weight excluding hydrogens is 304 g/mol. The molecule has 0 N–H and O–H groups in total. The molecule has 0 saturated heterocycles. The predicted molar refractivity (Wildman–Crippen MR) is 76.5 cm³/mol. The van der Waals surface area contributed by atoms with Gasteiger partial charge in [0.25, 0.3) is 0 Å². The summed E-state index contributed by atoms with van der Waals surface area (Å²) in [4.78, 5) is 1.34. The maximum atomic E-state index is 6.74. The Morgan fingerprint density at radius 2 is 2.12 bits per heavy atom. The average Bonchev–Trinajstić information content (AvgIpc) is 2.87. The summed E-state index contributed by atoms with van der Waals surface area (Å²) in [5.41, 5.74) is 1.67. The van der Waals surface area contributed by atoms with Crippen molar-refractivity contribution >= 4 is 38.9 Å². The summed E-state index contributed by atoms with van der Waals surface area (Å²) >= 11 is 12.1. The normalized spacial score (nSPS) is 21.2. The van der Waals surface area contributed by atoms with Crippen LogP contribution in [0.2, 0.25) is 0 Å². The lowest BCUT2D eigenvalue weighted by Crippen LogP contribution is -2.20. The van der Waals surface area contributed by atoms with Crippen molar-refractivity contribution in [2.75, 3.05) is 0 Å². The van der Waals surface area contributed by atoms with Crippen molar-refractivity contribution in [2.45, 2.75) is 51.3 Å². The summed E-state index contributed by atoms with van der Waals surface area (Å²) in [6, 6.07) is 2.25. The van der Waals surface area contributed by atoms with E-state index in [0.717, 1.165) is 0 Å². The highest BCUT2D eigenvalue weighted by molar-refractivity contribution is 9.11. The van der Waals surface area contributed by atoms with Gasteiger partial charge in [0.05, 0.1) is 9.16 Å². The maximum absolute atomic E-state index is 6.74. The Morgan fingerprint density at radius 3 is 2.56 bits per heavy atom. The second kappa shape index (κ2) is 4.99. The van der Waals surface area contributed by atoms with Crippen molar-refractivity contribution in [3.8, 4) is 0 Å². The average molecular weight is 322 g/mol. The first-order chi connectivity index (χ1) is 7.59. The molecule has 0 nitrogen and oxygen atoms in total. The second-order valence-corrected chi connectivity index (χ2v) is 7.73. The zero-order valence-electron chi connectivity index (χ0n) is 9.85. The van der Waals surface area contributed by atoms with Crippen LogP contribution < -0.4 is 0 Å². The van der Waals surface area contributed by atoms with E-state index in [9.17, 15) is 0 Å². The highest BCUT2D eigenvalue weighted by Gasteiger charge is 2.40. The number of hydrogen-bond acceptors (Lipinski definition) is 1. The molecule has 1 saturated carbocycles. The third-order valence-electron chi connectivity index (χ3n) is 3.97. The van der Waals surface area contributed by atoms with Crippen molar-refractivity contribution < 1.29 is 0 Å². The van der Waals surface area contributed by atoms with Gasteiger partial charge in [-0.3, -0.25) is 0 Å². The van der Waals surface area contributed by atoms with E-state index >= 15 is 0 Å². The molecule has 0 amide bonds. The molecule has 0 spiro atoms. The van der Waals surface area contributed by atoms with E-state index in [4.69, 9.17) is 11.6 Å². The Labute approximate surface area is 116 Å². The molecule has 1 unspecified atom stereocenters. The zero-order chi connectivity index (χ0) is 11.8. The van der Waals surface area contributed by atoms with E-state index in [2.05, 4.69) is 35.8 Å². The summed E-state index contributed by atoms with van der Waals surface area (Å²) in [7, 11) is 0. The molecule has 3 heteroatoms. The fourth-order valence-corrected chi connectivity index (χ4v) is 5.04. The molecule has 1 atom stereocenters. The minimum absolute atomic E-state index is 0.204. The summed E-state index contributed by atoms with van der Waals surface area (Å²) in [6.45, 7) is 4.43. The summed E-state index contributed by atoms with van der Waals surface area (Å²) in [5.74, 6) is 0. The van der Waals surface area contributed by atoms with Gasteiger partial charge in [-0.2, -0.15) is 0 Å². The molecule has 1 aliphatic carbocycles. The minimum Gasteiger partial charge on any atom is -0.131 e. The Bertz CT molecular complexity index is 347. The second-order valence-electron chi connectivity index (χ2n) is 4.89. The minimum atomic E-state index is 0.204. The number of rotatable bonds is 3. The molecule has 1 aromatic heterocycles. The molecule has 0 radical (unpaired) electrons. The smallest absolute Gasteiger partial charge is 0.0735 e. The quantitative estimate of drug-likeness (QED) is 0.593. The molecule has 90 valence electrons. The van der Waals surface area contributed by atoms with Crippen LogP contribution in [0.3, 0.4) is 0 Å². The van der Waals surface area contributed by atoms with Gasteiger partial charge >= 0.3 is 0 Å². The van der Waals surface area contributed by atoms with Crippen LogP contribution in [0.4, 0.5) is 0 Å². The Hall–Kier alpha value is 0.470. The standard InChI is InChI=1S/C13H18BrClS/c1-3-13(6-4-5-7-13)11(15)10-8-9(2)12(14)16-10/h8,11H,3-7H2,1-2H3. The number of thiophene rings is 1. The topological polar surface area (TPSA) is 0 Å². The molecule has 1 heterocycles. The number of halogens is 2. The van der Waals surface area contributed by atoms with Crippen LogP contribution in [-0.4, -0.2) is 0 Å². The van der Waals surface area contributed by atoms with E-state index < -0.39 is 0 Å². The van der Waals surface area contributed by atoms with Crippen LogP contribution in [0.1, 0.15) is 54.8 Å². The highest BCUT2D eigenvalue weighted by atomic mass is 79.9. The zero-order valence-corrected chi connectivity index (χ0v) is 13.0. The van der Waals surface area contributed by atoms with Crippen LogP contribution >= 0.6 is 38.9 Å². The molecule has 1 fully saturated rings. The van der Waals surface area contributed by atoms with Crippen molar-refractivity contribution in [3.63, 3.8) is 0 Å². The first kappa shape index (κ1) is 12.9. The monoisotopic (exact) mass is 320 g/mol. The van der Waals surface area contributed by atoms with Gasteiger partial charge in [-0.15, -0.1) is 22.9 Å². The highest BCUT2D eigenvalue weighted by Crippen LogP contribution is 2.54. The van der Waals surface area contributed by atoms with Crippen molar-refractivity contribution in [3.05, 3.63) is 20.3 Å². The summed E-state index contributed by atoms with van der Waals surface area (Å²) in [5, 5.41) is 0.204. The van der Waals surface area contributed by atoms with Crippen molar-refractivity contribution in [1.29, 1.82) is 0 Å². The predicted octanol–water partition coefficient (Wildman–Crippen LogP) is 6.07. The third-order valence-corrected chi connectivity index (χ3v) is 7.00. The van der Waals surface area contributed by atoms with E-state index in [0.29, 0.717) is 5.41 Å². The van der Waals surface area contributed by atoms with Crippen LogP contribution in [-0.2, 0) is 0 Å². The molecule has 0 aromatic carbocycles. The van der Waals surface area contributed by atoms with Crippen LogP contribution in [0.15, 0.2) is 9.85 Å². The lowest BCUT2D eigenvalue weighted by molar-refractivity contribution is 0.273. The number of aryl methyl sites for hydroxylation is 1. The van der Waals surface area contributed by atoms with Gasteiger partial charge in [0.2, 0.25) is 0 Å². The lowest BCUT2D eigenvalue weighted by Gasteiger charge is -2.32. The van der Waals surface area contributed by atoms with Crippen LogP contribution in [0.5, 0.6) is 0 Å². The molecular formula is C13H18BrClS. The Balaban J connectivity index is 2.26. The van der Waals surface area contributed by atoms with Gasteiger partial charge in [-0.25, -0.2) is 0 Å². The summed E-state index contributed by atoms with van der Waals surface area (Å²) in [6.07, 6.45) is 6.50. The number of alkyl halides is 1. The molecule has 0 bridgehead atoms. The van der Waals surface area contributed by atoms with Gasteiger partial charge in [0.1, 0.15) is 0 Å². The molecule has 2 rings (SSSR count). The largest absolute Gasteiger partial charge is 0.131 e. The Morgan fingerprint density at radius 1 is 1.50 bits per heavy atom. The molecule has 16 heavy (non-hydrogen) atoms. The van der Waals surface area contributed by atoms with Gasteiger partial charge in [-0.1, -0.05) is 19.8 Å². The first-order valence-electron chi connectivity index (χ1n) is 5.99. The van der Waals surface area contributed by atoms with E-state index in [-0.39, 0.29) is 5.38 Å². The maximum Gasteiger partial charge on any atom is 0.0735 e. The molecule has 1 aliphatic rings. The fraction of sp³-hybridized carbons (Fsp3) is 0.692. The molecule has 0 aliphatic heterocycles. The van der Waals surface area contributed by atoms with E-state index in [1.807, 2.05) is 11.3 Å². The SMILES string of the molecule is CCC1(C(Cl)c2cc(C)c(Br)s2)CCCC1. The molecule has 1 aromatic rings. The van der Waals surface area contributed by atoms with Gasteiger partial charge < -0.3 is 0 Å². The van der Waals surface area contributed by atoms with Gasteiger partial charge in [-0.05, 0) is 59.2 Å². The third kappa shape index (κ3) is 2.21. The number of hydrogen-bond donors (Lipinski definition) is 0. The van der Waals surface area contributed by atoms with Crippen molar-refractivity contribution in [2.24, 2.45) is 5.41 Å².